The molecule has 5 aliphatic rings. The van der Waals surface area contributed by atoms with Gasteiger partial charge in [-0.15, -0.1) is 0 Å². The van der Waals surface area contributed by atoms with Crippen LogP contribution < -0.4 is 0 Å². The monoisotopic (exact) mass is 528 g/mol. The SMILES string of the molecule is CC(=O)OC1CC[C@@]2(C)C(C[C@@H](OC(C)=O)[C@]3(C)C2CC[C@@]2(C)[C@H](c4ccoc4)OC(=O)[C@H]4O[C@]423)C1(C)C. The summed E-state index contributed by atoms with van der Waals surface area (Å²) in [7, 11) is 0. The zero-order chi connectivity index (χ0) is 27.5. The summed E-state index contributed by atoms with van der Waals surface area (Å²) in [6.07, 6.45) is 5.36. The van der Waals surface area contributed by atoms with Gasteiger partial charge in [-0.2, -0.15) is 0 Å². The second-order valence-corrected chi connectivity index (χ2v) is 13.7. The highest BCUT2D eigenvalue weighted by Crippen LogP contribution is 2.80. The fourth-order valence-electron chi connectivity index (χ4n) is 10.3. The molecule has 2 saturated heterocycles. The molecule has 6 rings (SSSR count). The van der Waals surface area contributed by atoms with Crippen molar-refractivity contribution in [3.63, 3.8) is 0 Å². The molecule has 3 unspecified atom stereocenters. The molecule has 3 saturated carbocycles. The molecule has 0 amide bonds. The van der Waals surface area contributed by atoms with Crippen LogP contribution in [0.25, 0.3) is 0 Å². The summed E-state index contributed by atoms with van der Waals surface area (Å²) in [6.45, 7) is 14.0. The third-order valence-corrected chi connectivity index (χ3v) is 11.8. The average Bonchev–Trinajstić information content (AvgIpc) is 3.39. The summed E-state index contributed by atoms with van der Waals surface area (Å²) in [6, 6.07) is 1.86. The van der Waals surface area contributed by atoms with Crippen molar-refractivity contribution < 1.29 is 37.7 Å². The molecule has 0 bridgehead atoms. The van der Waals surface area contributed by atoms with Crippen molar-refractivity contribution in [2.45, 2.75) is 111 Å². The van der Waals surface area contributed by atoms with Crippen molar-refractivity contribution in [2.75, 3.05) is 0 Å². The number of ether oxygens (including phenoxy) is 4. The topological polar surface area (TPSA) is 105 Å². The number of fused-ring (bicyclic) bond motifs is 3. The number of furan rings is 1. The van der Waals surface area contributed by atoms with E-state index in [1.165, 1.54) is 13.8 Å². The number of rotatable bonds is 3. The average molecular weight is 529 g/mol. The van der Waals surface area contributed by atoms with Crippen LogP contribution in [0.15, 0.2) is 23.0 Å². The van der Waals surface area contributed by atoms with Crippen LogP contribution in [-0.2, 0) is 33.3 Å². The summed E-state index contributed by atoms with van der Waals surface area (Å²) in [5.41, 5.74) is -1.58. The van der Waals surface area contributed by atoms with Crippen LogP contribution in [-0.4, -0.2) is 41.8 Å². The van der Waals surface area contributed by atoms with Gasteiger partial charge >= 0.3 is 17.9 Å². The Hall–Kier alpha value is -2.35. The highest BCUT2D eigenvalue weighted by atomic mass is 16.7. The van der Waals surface area contributed by atoms with E-state index in [9.17, 15) is 14.4 Å². The van der Waals surface area contributed by atoms with E-state index in [0.717, 1.165) is 31.2 Å². The Kier molecular flexibility index (Phi) is 5.36. The summed E-state index contributed by atoms with van der Waals surface area (Å²) >= 11 is 0. The fraction of sp³-hybridized carbons (Fsp3) is 0.767. The number of cyclic esters (lactones) is 1. The summed E-state index contributed by atoms with van der Waals surface area (Å²) in [4.78, 5) is 37.9. The van der Waals surface area contributed by atoms with Crippen LogP contribution in [0.3, 0.4) is 0 Å². The quantitative estimate of drug-likeness (QED) is 0.301. The highest BCUT2D eigenvalue weighted by Gasteiger charge is 2.88. The molecule has 0 N–H and O–H groups in total. The minimum atomic E-state index is -0.828. The lowest BCUT2D eigenvalue weighted by atomic mass is 9.34. The number of epoxide rings is 1. The van der Waals surface area contributed by atoms with Gasteiger partial charge in [0.05, 0.1) is 12.5 Å². The van der Waals surface area contributed by atoms with Gasteiger partial charge in [-0.05, 0) is 55.4 Å². The van der Waals surface area contributed by atoms with Gasteiger partial charge in [0.2, 0.25) is 0 Å². The molecule has 1 aromatic rings. The maximum absolute atomic E-state index is 13.4. The zero-order valence-corrected chi connectivity index (χ0v) is 23.5. The second kappa shape index (κ2) is 7.86. The molecule has 0 aromatic carbocycles. The summed E-state index contributed by atoms with van der Waals surface area (Å²) in [5.74, 6) is -0.688. The molecule has 5 fully saturated rings. The molecule has 208 valence electrons. The van der Waals surface area contributed by atoms with Crippen LogP contribution in [0.1, 0.15) is 92.2 Å². The van der Waals surface area contributed by atoms with Gasteiger partial charge in [0.1, 0.15) is 23.9 Å². The third-order valence-electron chi connectivity index (χ3n) is 11.8. The molecular formula is C30H40O8. The van der Waals surface area contributed by atoms with Crippen LogP contribution in [0.5, 0.6) is 0 Å². The molecule has 0 radical (unpaired) electrons. The maximum atomic E-state index is 13.4. The Bertz CT molecular complexity index is 1170. The van der Waals surface area contributed by atoms with E-state index in [1.54, 1.807) is 12.5 Å². The molecule has 3 aliphatic carbocycles. The first-order valence-electron chi connectivity index (χ1n) is 14.0. The lowest BCUT2D eigenvalue weighted by molar-refractivity contribution is -0.276. The van der Waals surface area contributed by atoms with E-state index < -0.39 is 34.7 Å². The minimum Gasteiger partial charge on any atom is -0.472 e. The second-order valence-electron chi connectivity index (χ2n) is 13.7. The molecule has 1 spiro atoms. The third kappa shape index (κ3) is 2.98. The summed E-state index contributed by atoms with van der Waals surface area (Å²) < 4.78 is 30.1. The van der Waals surface area contributed by atoms with Crippen molar-refractivity contribution in [2.24, 2.45) is 33.5 Å². The lowest BCUT2D eigenvalue weighted by Gasteiger charge is -2.70. The molecule has 2 aliphatic heterocycles. The van der Waals surface area contributed by atoms with Crippen molar-refractivity contribution >= 4 is 17.9 Å². The lowest BCUT2D eigenvalue weighted by Crippen LogP contribution is -2.73. The Balaban J connectivity index is 1.49. The van der Waals surface area contributed by atoms with E-state index >= 15 is 0 Å². The molecule has 3 heterocycles. The molecule has 8 heteroatoms. The van der Waals surface area contributed by atoms with Gasteiger partial charge in [0, 0.05) is 35.7 Å². The molecule has 1 aromatic heterocycles. The van der Waals surface area contributed by atoms with Crippen molar-refractivity contribution in [3.05, 3.63) is 24.2 Å². The number of hydrogen-bond donors (Lipinski definition) is 0. The largest absolute Gasteiger partial charge is 0.472 e. The summed E-state index contributed by atoms with van der Waals surface area (Å²) in [5, 5.41) is 0. The molecule has 38 heavy (non-hydrogen) atoms. The van der Waals surface area contributed by atoms with E-state index in [-0.39, 0.29) is 46.7 Å². The number of carbonyl (C=O) groups excluding carboxylic acids is 3. The first-order valence-corrected chi connectivity index (χ1v) is 14.0. The number of esters is 3. The maximum Gasteiger partial charge on any atom is 0.339 e. The van der Waals surface area contributed by atoms with Gasteiger partial charge in [-0.25, -0.2) is 4.79 Å². The molecule has 10 atom stereocenters. The first-order chi connectivity index (χ1) is 17.7. The van der Waals surface area contributed by atoms with Gasteiger partial charge in [0.15, 0.2) is 6.10 Å². The first kappa shape index (κ1) is 25.9. The van der Waals surface area contributed by atoms with E-state index in [0.29, 0.717) is 6.42 Å². The minimum absolute atomic E-state index is 0.120. The van der Waals surface area contributed by atoms with Gasteiger partial charge < -0.3 is 23.4 Å². The Morgan fingerprint density at radius 2 is 1.61 bits per heavy atom. The molecule has 8 nitrogen and oxygen atoms in total. The fourth-order valence-corrected chi connectivity index (χ4v) is 10.3. The van der Waals surface area contributed by atoms with Crippen molar-refractivity contribution in [3.8, 4) is 0 Å². The normalized spacial score (nSPS) is 48.3. The Morgan fingerprint density at radius 1 is 0.921 bits per heavy atom. The van der Waals surface area contributed by atoms with E-state index in [1.807, 2.05) is 6.07 Å². The van der Waals surface area contributed by atoms with Crippen molar-refractivity contribution in [1.82, 2.24) is 0 Å². The number of carbonyl (C=O) groups is 3. The van der Waals surface area contributed by atoms with E-state index in [4.69, 9.17) is 23.4 Å². The highest BCUT2D eigenvalue weighted by molar-refractivity contribution is 5.82. The molecular weight excluding hydrogens is 488 g/mol. The van der Waals surface area contributed by atoms with Gasteiger partial charge in [-0.3, -0.25) is 9.59 Å². The van der Waals surface area contributed by atoms with Crippen LogP contribution >= 0.6 is 0 Å². The Labute approximate surface area is 224 Å². The Morgan fingerprint density at radius 3 is 2.24 bits per heavy atom. The number of hydrogen-bond acceptors (Lipinski definition) is 8. The smallest absolute Gasteiger partial charge is 0.339 e. The standard InChI is InChI=1S/C30H40O8/c1-16(31)35-21-9-11-27(5)19-8-12-28(6)23(18-10-13-34-15-18)37-25(33)24-30(28,38-24)29(19,7)22(36-17(2)32)14-20(27)26(21,3)4/h10,13,15,19-24H,8-9,11-12,14H2,1-7H3/t19?,20?,21?,22-,23+,24-,27-,28+,29+,30-/m1/s1. The predicted molar refractivity (Wildman–Crippen MR) is 134 cm³/mol. The van der Waals surface area contributed by atoms with Gasteiger partial charge in [-0.1, -0.05) is 34.6 Å². The van der Waals surface area contributed by atoms with Crippen LogP contribution in [0.4, 0.5) is 0 Å². The predicted octanol–water partition coefficient (Wildman–Crippen LogP) is 5.15. The van der Waals surface area contributed by atoms with Crippen LogP contribution in [0.2, 0.25) is 0 Å². The zero-order valence-electron chi connectivity index (χ0n) is 23.5. The van der Waals surface area contributed by atoms with E-state index in [2.05, 4.69) is 34.6 Å². The van der Waals surface area contributed by atoms with Crippen LogP contribution in [0, 0.1) is 33.5 Å². The van der Waals surface area contributed by atoms with Gasteiger partial charge in [0.25, 0.3) is 0 Å². The van der Waals surface area contributed by atoms with Crippen molar-refractivity contribution in [1.29, 1.82) is 0 Å².